The summed E-state index contributed by atoms with van der Waals surface area (Å²) in [7, 11) is 0. The highest BCUT2D eigenvalue weighted by molar-refractivity contribution is 5.77. The van der Waals surface area contributed by atoms with E-state index in [2.05, 4.69) is 0 Å². The Balaban J connectivity index is 2.16. The summed E-state index contributed by atoms with van der Waals surface area (Å²) in [5.41, 5.74) is -0.0277. The highest BCUT2D eigenvalue weighted by Gasteiger charge is 2.36. The normalized spacial score (nSPS) is 19.6. The summed E-state index contributed by atoms with van der Waals surface area (Å²) in [4.78, 5) is 25.6. The zero-order chi connectivity index (χ0) is 17.9. The van der Waals surface area contributed by atoms with Crippen LogP contribution in [0.1, 0.15) is 45.1 Å². The molecular weight excluding hydrogens is 310 g/mol. The molecule has 1 saturated heterocycles. The summed E-state index contributed by atoms with van der Waals surface area (Å²) in [5.74, 6) is -1.89. The molecule has 2 unspecified atom stereocenters. The van der Waals surface area contributed by atoms with Crippen LogP contribution in [0.4, 0.5) is 4.79 Å². The SMILES string of the molecule is CC(C)(C)OC(=O)N1CCCC(C(C(=O)O)c2cccc(O)c2)C1. The third-order valence-corrected chi connectivity index (χ3v) is 4.08. The van der Waals surface area contributed by atoms with Crippen molar-refractivity contribution < 1.29 is 24.5 Å². The van der Waals surface area contributed by atoms with E-state index in [1.54, 1.807) is 37.8 Å². The summed E-state index contributed by atoms with van der Waals surface area (Å²) in [6, 6.07) is 6.32. The van der Waals surface area contributed by atoms with Gasteiger partial charge in [-0.1, -0.05) is 12.1 Å². The van der Waals surface area contributed by atoms with Crippen molar-refractivity contribution in [2.45, 2.75) is 45.1 Å². The van der Waals surface area contributed by atoms with Crippen LogP contribution in [0.15, 0.2) is 24.3 Å². The minimum absolute atomic E-state index is 0.0403. The van der Waals surface area contributed by atoms with Gasteiger partial charge in [0, 0.05) is 13.1 Å². The van der Waals surface area contributed by atoms with Gasteiger partial charge in [0.2, 0.25) is 0 Å². The molecule has 2 rings (SSSR count). The quantitative estimate of drug-likeness (QED) is 0.885. The molecule has 6 nitrogen and oxygen atoms in total. The summed E-state index contributed by atoms with van der Waals surface area (Å²) < 4.78 is 5.39. The molecule has 24 heavy (non-hydrogen) atoms. The highest BCUT2D eigenvalue weighted by atomic mass is 16.6. The lowest BCUT2D eigenvalue weighted by Crippen LogP contribution is -2.45. The molecule has 1 amide bonds. The molecule has 1 aromatic rings. The van der Waals surface area contributed by atoms with Gasteiger partial charge in [-0.15, -0.1) is 0 Å². The molecule has 2 N–H and O–H groups in total. The second-order valence-corrected chi connectivity index (χ2v) is 7.24. The summed E-state index contributed by atoms with van der Waals surface area (Å²) in [6.07, 6.45) is 1.03. The number of ether oxygens (including phenoxy) is 1. The van der Waals surface area contributed by atoms with E-state index < -0.39 is 23.6 Å². The van der Waals surface area contributed by atoms with Crippen molar-refractivity contribution in [2.24, 2.45) is 5.92 Å². The maximum absolute atomic E-state index is 12.3. The van der Waals surface area contributed by atoms with Crippen molar-refractivity contribution in [1.29, 1.82) is 0 Å². The topological polar surface area (TPSA) is 87.1 Å². The van der Waals surface area contributed by atoms with Crippen molar-refractivity contribution >= 4 is 12.1 Å². The average Bonchev–Trinajstić information content (AvgIpc) is 2.45. The zero-order valence-corrected chi connectivity index (χ0v) is 14.4. The minimum Gasteiger partial charge on any atom is -0.508 e. The van der Waals surface area contributed by atoms with Crippen molar-refractivity contribution in [3.8, 4) is 5.75 Å². The molecule has 0 bridgehead atoms. The van der Waals surface area contributed by atoms with E-state index >= 15 is 0 Å². The fourth-order valence-corrected chi connectivity index (χ4v) is 3.11. The van der Waals surface area contributed by atoms with Gasteiger partial charge in [-0.2, -0.15) is 0 Å². The number of carbonyl (C=O) groups is 2. The number of hydrogen-bond donors (Lipinski definition) is 2. The number of rotatable bonds is 3. The average molecular weight is 335 g/mol. The van der Waals surface area contributed by atoms with E-state index in [-0.39, 0.29) is 11.7 Å². The van der Waals surface area contributed by atoms with Crippen LogP contribution in [0.3, 0.4) is 0 Å². The number of amides is 1. The largest absolute Gasteiger partial charge is 0.508 e. The standard InChI is InChI=1S/C18H25NO5/c1-18(2,3)24-17(23)19-9-5-7-13(11-19)15(16(21)22)12-6-4-8-14(20)10-12/h4,6,8,10,13,15,20H,5,7,9,11H2,1-3H3,(H,21,22). The van der Waals surface area contributed by atoms with Gasteiger partial charge < -0.3 is 19.8 Å². The fourth-order valence-electron chi connectivity index (χ4n) is 3.11. The highest BCUT2D eigenvalue weighted by Crippen LogP contribution is 2.33. The van der Waals surface area contributed by atoms with E-state index in [0.29, 0.717) is 25.1 Å². The predicted molar refractivity (Wildman–Crippen MR) is 89.0 cm³/mol. The smallest absolute Gasteiger partial charge is 0.410 e. The number of carbonyl (C=O) groups excluding carboxylic acids is 1. The van der Waals surface area contributed by atoms with Crippen molar-refractivity contribution in [3.05, 3.63) is 29.8 Å². The van der Waals surface area contributed by atoms with Crippen LogP contribution in [0.5, 0.6) is 5.75 Å². The summed E-state index contributed by atoms with van der Waals surface area (Å²) in [5, 5.41) is 19.3. The third-order valence-electron chi connectivity index (χ3n) is 4.08. The Bertz CT molecular complexity index is 608. The lowest BCUT2D eigenvalue weighted by molar-refractivity contribution is -0.140. The van der Waals surface area contributed by atoms with Crippen LogP contribution in [-0.2, 0) is 9.53 Å². The molecule has 1 aliphatic rings. The molecule has 0 saturated carbocycles. The first-order valence-electron chi connectivity index (χ1n) is 8.17. The van der Waals surface area contributed by atoms with E-state index in [1.165, 1.54) is 12.1 Å². The number of phenolic OH excluding ortho intramolecular Hbond substituents is 1. The van der Waals surface area contributed by atoms with Gasteiger partial charge in [0.25, 0.3) is 0 Å². The van der Waals surface area contributed by atoms with Gasteiger partial charge in [0.1, 0.15) is 11.4 Å². The molecular formula is C18H25NO5. The number of carboxylic acid groups (broad SMARTS) is 1. The van der Waals surface area contributed by atoms with E-state index in [0.717, 1.165) is 6.42 Å². The molecule has 1 aromatic carbocycles. The maximum Gasteiger partial charge on any atom is 0.410 e. The molecule has 0 radical (unpaired) electrons. The zero-order valence-electron chi connectivity index (χ0n) is 14.4. The third kappa shape index (κ3) is 4.63. The second-order valence-electron chi connectivity index (χ2n) is 7.24. The number of aromatic hydroxyl groups is 1. The molecule has 0 aromatic heterocycles. The first kappa shape index (κ1) is 18.1. The molecule has 1 fully saturated rings. The Morgan fingerprint density at radius 1 is 1.33 bits per heavy atom. The summed E-state index contributed by atoms with van der Waals surface area (Å²) in [6.45, 7) is 6.32. The Kier molecular flexibility index (Phi) is 5.36. The van der Waals surface area contributed by atoms with Crippen LogP contribution in [0, 0.1) is 5.92 Å². The summed E-state index contributed by atoms with van der Waals surface area (Å²) >= 11 is 0. The van der Waals surface area contributed by atoms with Gasteiger partial charge >= 0.3 is 12.1 Å². The minimum atomic E-state index is -0.948. The molecule has 6 heteroatoms. The molecule has 132 valence electrons. The number of phenols is 1. The second kappa shape index (κ2) is 7.11. The number of nitrogens with zero attached hydrogens (tertiary/aromatic N) is 1. The van der Waals surface area contributed by atoms with Gasteiger partial charge in [0.15, 0.2) is 0 Å². The van der Waals surface area contributed by atoms with Gasteiger partial charge in [-0.05, 0) is 57.2 Å². The van der Waals surface area contributed by atoms with Gasteiger partial charge in [-0.3, -0.25) is 4.79 Å². The monoisotopic (exact) mass is 335 g/mol. The predicted octanol–water partition coefficient (Wildman–Crippen LogP) is 3.21. The van der Waals surface area contributed by atoms with Gasteiger partial charge in [0.05, 0.1) is 5.92 Å². The number of hydrogen-bond acceptors (Lipinski definition) is 4. The molecule has 0 spiro atoms. The molecule has 2 atom stereocenters. The van der Waals surface area contributed by atoms with Crippen molar-refractivity contribution in [2.75, 3.05) is 13.1 Å². The first-order valence-corrected chi connectivity index (χ1v) is 8.17. The Hall–Kier alpha value is -2.24. The van der Waals surface area contributed by atoms with Gasteiger partial charge in [-0.25, -0.2) is 4.79 Å². The van der Waals surface area contributed by atoms with E-state index in [1.807, 2.05) is 0 Å². The van der Waals surface area contributed by atoms with Crippen LogP contribution >= 0.6 is 0 Å². The maximum atomic E-state index is 12.3. The number of likely N-dealkylation sites (tertiary alicyclic amines) is 1. The fraction of sp³-hybridized carbons (Fsp3) is 0.556. The van der Waals surface area contributed by atoms with E-state index in [4.69, 9.17) is 4.74 Å². The Labute approximate surface area is 142 Å². The van der Waals surface area contributed by atoms with Crippen LogP contribution in [-0.4, -0.2) is 45.9 Å². The number of aliphatic carboxylic acids is 1. The lowest BCUT2D eigenvalue weighted by Gasteiger charge is -2.36. The van der Waals surface area contributed by atoms with Crippen LogP contribution in [0.25, 0.3) is 0 Å². The lowest BCUT2D eigenvalue weighted by atomic mass is 9.81. The first-order chi connectivity index (χ1) is 11.2. The number of carboxylic acids is 1. The van der Waals surface area contributed by atoms with Crippen molar-refractivity contribution in [3.63, 3.8) is 0 Å². The van der Waals surface area contributed by atoms with E-state index in [9.17, 15) is 19.8 Å². The number of piperidine rings is 1. The van der Waals surface area contributed by atoms with Crippen LogP contribution < -0.4 is 0 Å². The van der Waals surface area contributed by atoms with Crippen LogP contribution in [0.2, 0.25) is 0 Å². The Morgan fingerprint density at radius 3 is 2.62 bits per heavy atom. The Morgan fingerprint density at radius 2 is 2.04 bits per heavy atom. The molecule has 1 aliphatic heterocycles. The van der Waals surface area contributed by atoms with Crippen molar-refractivity contribution in [1.82, 2.24) is 4.90 Å². The molecule has 1 heterocycles. The molecule has 0 aliphatic carbocycles. The number of benzene rings is 1.